The predicted molar refractivity (Wildman–Crippen MR) is 112 cm³/mol. The molecule has 0 saturated heterocycles. The molecule has 2 heterocycles. The Morgan fingerprint density at radius 2 is 1.93 bits per heavy atom. The molecule has 7 nitrogen and oxygen atoms in total. The van der Waals surface area contributed by atoms with Gasteiger partial charge < -0.3 is 14.2 Å². The number of hydrogen-bond donors (Lipinski definition) is 0. The Balaban J connectivity index is 1.93. The molecule has 0 aliphatic carbocycles. The van der Waals surface area contributed by atoms with Crippen LogP contribution in [0.15, 0.2) is 39.6 Å². The monoisotopic (exact) mass is 419 g/mol. The fraction of sp³-hybridized carbons (Fsp3) is 0.476. The number of sulfonamides is 1. The third kappa shape index (κ3) is 4.88. The first-order chi connectivity index (χ1) is 13.7. The summed E-state index contributed by atoms with van der Waals surface area (Å²) in [7, 11) is 0.114. The van der Waals surface area contributed by atoms with E-state index in [2.05, 4.69) is 0 Å². The maximum Gasteiger partial charge on any atom is 0.243 e. The SMILES string of the molecule is CC(=O)N1CCCc2cc(S(=O)(=O)N(CCN(C)C)Cc3ccc(C)o3)ccc21. The lowest BCUT2D eigenvalue weighted by Crippen LogP contribution is -2.36. The lowest BCUT2D eigenvalue weighted by atomic mass is 10.0. The molecule has 0 bridgehead atoms. The van der Waals surface area contributed by atoms with Gasteiger partial charge in [-0.1, -0.05) is 0 Å². The van der Waals surface area contributed by atoms with Crippen molar-refractivity contribution in [3.8, 4) is 0 Å². The van der Waals surface area contributed by atoms with Crippen LogP contribution < -0.4 is 4.90 Å². The Morgan fingerprint density at radius 3 is 2.55 bits per heavy atom. The molecule has 1 amide bonds. The van der Waals surface area contributed by atoms with Gasteiger partial charge in [-0.2, -0.15) is 4.31 Å². The van der Waals surface area contributed by atoms with E-state index >= 15 is 0 Å². The van der Waals surface area contributed by atoms with Crippen molar-refractivity contribution in [3.63, 3.8) is 0 Å². The van der Waals surface area contributed by atoms with Gasteiger partial charge in [-0.25, -0.2) is 8.42 Å². The highest BCUT2D eigenvalue weighted by molar-refractivity contribution is 7.89. The summed E-state index contributed by atoms with van der Waals surface area (Å²) in [5.74, 6) is 1.34. The van der Waals surface area contributed by atoms with Crippen LogP contribution in [0.25, 0.3) is 0 Å². The van der Waals surface area contributed by atoms with E-state index in [-0.39, 0.29) is 17.3 Å². The van der Waals surface area contributed by atoms with Gasteiger partial charge in [-0.3, -0.25) is 4.79 Å². The number of carbonyl (C=O) groups is 1. The van der Waals surface area contributed by atoms with Crippen molar-refractivity contribution in [2.24, 2.45) is 0 Å². The van der Waals surface area contributed by atoms with Crippen LogP contribution in [0.2, 0.25) is 0 Å². The predicted octanol–water partition coefficient (Wildman–Crippen LogP) is 2.64. The van der Waals surface area contributed by atoms with Crippen molar-refractivity contribution < 1.29 is 17.6 Å². The maximum atomic E-state index is 13.4. The van der Waals surface area contributed by atoms with Crippen LogP contribution in [0.4, 0.5) is 5.69 Å². The van der Waals surface area contributed by atoms with E-state index in [0.717, 1.165) is 29.9 Å². The number of likely N-dealkylation sites (N-methyl/N-ethyl adjacent to an activating group) is 1. The van der Waals surface area contributed by atoms with E-state index in [0.29, 0.717) is 25.4 Å². The highest BCUT2D eigenvalue weighted by atomic mass is 32.2. The summed E-state index contributed by atoms with van der Waals surface area (Å²) in [6.07, 6.45) is 1.59. The number of fused-ring (bicyclic) bond motifs is 1. The first-order valence-electron chi connectivity index (χ1n) is 9.79. The zero-order valence-electron chi connectivity index (χ0n) is 17.5. The Hall–Kier alpha value is -2.16. The average Bonchev–Trinajstić information content (AvgIpc) is 3.08. The average molecular weight is 420 g/mol. The zero-order chi connectivity index (χ0) is 21.2. The summed E-state index contributed by atoms with van der Waals surface area (Å²) < 4.78 is 34.0. The zero-order valence-corrected chi connectivity index (χ0v) is 18.3. The van der Waals surface area contributed by atoms with Crippen molar-refractivity contribution in [3.05, 3.63) is 47.4 Å². The first kappa shape index (κ1) is 21.5. The summed E-state index contributed by atoms with van der Waals surface area (Å²) >= 11 is 0. The third-order valence-corrected chi connectivity index (χ3v) is 6.95. The van der Waals surface area contributed by atoms with Crippen molar-refractivity contribution in [2.45, 2.75) is 38.1 Å². The third-order valence-electron chi connectivity index (χ3n) is 5.11. The minimum absolute atomic E-state index is 0.0256. The molecule has 2 aromatic rings. The van der Waals surface area contributed by atoms with Gasteiger partial charge in [0.1, 0.15) is 11.5 Å². The van der Waals surface area contributed by atoms with Crippen molar-refractivity contribution in [1.82, 2.24) is 9.21 Å². The van der Waals surface area contributed by atoms with Gasteiger partial charge in [0.25, 0.3) is 0 Å². The first-order valence-corrected chi connectivity index (χ1v) is 11.2. The standard InChI is InChI=1S/C21H29N3O4S/c1-16-7-8-19(28-16)15-23(13-12-22(3)4)29(26,27)20-9-10-21-18(14-20)6-5-11-24(21)17(2)25/h7-10,14H,5-6,11-13,15H2,1-4H3. The van der Waals surface area contributed by atoms with Crippen LogP contribution in [0.3, 0.4) is 0 Å². The largest absolute Gasteiger partial charge is 0.465 e. The van der Waals surface area contributed by atoms with Crippen LogP contribution in [0.1, 0.15) is 30.4 Å². The van der Waals surface area contributed by atoms with Crippen LogP contribution in [0, 0.1) is 6.92 Å². The lowest BCUT2D eigenvalue weighted by molar-refractivity contribution is -0.116. The van der Waals surface area contributed by atoms with E-state index in [1.807, 2.05) is 38.1 Å². The summed E-state index contributed by atoms with van der Waals surface area (Å²) in [5, 5.41) is 0. The molecule has 0 N–H and O–H groups in total. The number of rotatable bonds is 7. The van der Waals surface area contributed by atoms with Gasteiger partial charge in [0.15, 0.2) is 0 Å². The molecule has 0 unspecified atom stereocenters. The summed E-state index contributed by atoms with van der Waals surface area (Å²) in [6.45, 7) is 5.18. The molecule has 1 aromatic heterocycles. The minimum Gasteiger partial charge on any atom is -0.465 e. The van der Waals surface area contributed by atoms with Crippen LogP contribution in [-0.4, -0.2) is 57.3 Å². The normalized spacial score (nSPS) is 14.5. The number of carbonyl (C=O) groups excluding carboxylic acids is 1. The molecular formula is C21H29N3O4S. The molecule has 1 aliphatic rings. The quantitative estimate of drug-likeness (QED) is 0.690. The molecule has 1 aliphatic heterocycles. The molecule has 1 aromatic carbocycles. The van der Waals surface area contributed by atoms with Gasteiger partial charge in [-0.15, -0.1) is 0 Å². The molecule has 0 fully saturated rings. The molecule has 0 radical (unpaired) electrons. The van der Waals surface area contributed by atoms with Gasteiger partial charge in [0, 0.05) is 32.2 Å². The Bertz CT molecular complexity index is 982. The van der Waals surface area contributed by atoms with Gasteiger partial charge in [0.2, 0.25) is 15.9 Å². The van der Waals surface area contributed by atoms with Gasteiger partial charge >= 0.3 is 0 Å². The van der Waals surface area contributed by atoms with Crippen molar-refractivity contribution >= 4 is 21.6 Å². The number of anilines is 1. The minimum atomic E-state index is -3.71. The lowest BCUT2D eigenvalue weighted by Gasteiger charge is -2.29. The molecule has 0 spiro atoms. The smallest absolute Gasteiger partial charge is 0.243 e. The van der Waals surface area contributed by atoms with E-state index in [1.54, 1.807) is 23.1 Å². The second-order valence-electron chi connectivity index (χ2n) is 7.72. The Kier molecular flexibility index (Phi) is 6.45. The number of amides is 1. The molecule has 3 rings (SSSR count). The maximum absolute atomic E-state index is 13.4. The van der Waals surface area contributed by atoms with E-state index in [4.69, 9.17) is 4.42 Å². The summed E-state index contributed by atoms with van der Waals surface area (Å²) in [5.41, 5.74) is 1.71. The molecular weight excluding hydrogens is 390 g/mol. The molecule has 29 heavy (non-hydrogen) atoms. The molecule has 0 atom stereocenters. The van der Waals surface area contributed by atoms with Crippen molar-refractivity contribution in [1.29, 1.82) is 0 Å². The van der Waals surface area contributed by atoms with Crippen molar-refractivity contribution in [2.75, 3.05) is 38.6 Å². The Labute approximate surface area is 172 Å². The van der Waals surface area contributed by atoms with E-state index in [9.17, 15) is 13.2 Å². The number of benzene rings is 1. The summed E-state index contributed by atoms with van der Waals surface area (Å²) in [4.78, 5) is 15.8. The van der Waals surface area contributed by atoms with Gasteiger partial charge in [0.05, 0.1) is 11.4 Å². The molecule has 158 valence electrons. The number of hydrogen-bond acceptors (Lipinski definition) is 5. The Morgan fingerprint density at radius 1 is 1.17 bits per heavy atom. The van der Waals surface area contributed by atoms with E-state index in [1.165, 1.54) is 11.2 Å². The second-order valence-corrected chi connectivity index (χ2v) is 9.66. The number of nitrogens with zero attached hydrogens (tertiary/aromatic N) is 3. The highest BCUT2D eigenvalue weighted by Crippen LogP contribution is 2.31. The van der Waals surface area contributed by atoms with Crippen LogP contribution >= 0.6 is 0 Å². The second kappa shape index (κ2) is 8.69. The fourth-order valence-corrected chi connectivity index (χ4v) is 5.00. The topological polar surface area (TPSA) is 74.1 Å². The van der Waals surface area contributed by atoms with Crippen LogP contribution in [0.5, 0.6) is 0 Å². The number of furan rings is 1. The fourth-order valence-electron chi connectivity index (χ4n) is 3.55. The molecule has 0 saturated carbocycles. The number of aryl methyl sites for hydroxylation is 2. The molecule has 8 heteroatoms. The summed E-state index contributed by atoms with van der Waals surface area (Å²) in [6, 6.07) is 8.72. The van der Waals surface area contributed by atoms with Gasteiger partial charge in [-0.05, 0) is 69.8 Å². The van der Waals surface area contributed by atoms with Crippen LogP contribution in [-0.2, 0) is 27.8 Å². The van der Waals surface area contributed by atoms with E-state index < -0.39 is 10.0 Å². The highest BCUT2D eigenvalue weighted by Gasteiger charge is 2.28.